The molecule has 1 aromatic rings. The predicted octanol–water partition coefficient (Wildman–Crippen LogP) is 2.43. The Kier molecular flexibility index (Phi) is 5.06. The fourth-order valence-corrected chi connectivity index (χ4v) is 3.30. The Morgan fingerprint density at radius 3 is 2.40 bits per heavy atom. The minimum atomic E-state index is -0.168. The van der Waals surface area contributed by atoms with Crippen molar-refractivity contribution >= 4 is 29.3 Å². The fraction of sp³-hybridized carbons (Fsp3) is 0.467. The summed E-state index contributed by atoms with van der Waals surface area (Å²) in [6.07, 6.45) is 1.05. The van der Waals surface area contributed by atoms with Gasteiger partial charge in [0.05, 0.1) is 5.25 Å². The third kappa shape index (κ3) is 3.54. The van der Waals surface area contributed by atoms with Crippen molar-refractivity contribution in [3.63, 3.8) is 0 Å². The van der Waals surface area contributed by atoms with Crippen LogP contribution >= 0.6 is 11.8 Å². The van der Waals surface area contributed by atoms with Gasteiger partial charge in [-0.15, -0.1) is 11.8 Å². The first kappa shape index (κ1) is 14.9. The molecule has 1 saturated heterocycles. The first-order valence-corrected chi connectivity index (χ1v) is 7.87. The molecule has 1 N–H and O–H groups in total. The van der Waals surface area contributed by atoms with Crippen LogP contribution in [0, 0.1) is 0 Å². The second-order valence-electron chi connectivity index (χ2n) is 4.72. The molecule has 1 fully saturated rings. The number of carbonyl (C=O) groups is 2. The molecule has 0 aromatic heterocycles. The van der Waals surface area contributed by atoms with E-state index in [-0.39, 0.29) is 17.1 Å². The quantitative estimate of drug-likeness (QED) is 0.847. The SMILES string of the molecule is CCN(CC)c1ccc(SC2CCC(=O)NC2=O)cc1. The normalized spacial score (nSPS) is 18.8. The van der Waals surface area contributed by atoms with Crippen LogP contribution in [0.3, 0.4) is 0 Å². The monoisotopic (exact) mass is 292 g/mol. The number of imide groups is 1. The van der Waals surface area contributed by atoms with Crippen LogP contribution in [-0.2, 0) is 9.59 Å². The lowest BCUT2D eigenvalue weighted by Crippen LogP contribution is -2.42. The number of hydrogen-bond acceptors (Lipinski definition) is 4. The minimum Gasteiger partial charge on any atom is -0.372 e. The van der Waals surface area contributed by atoms with E-state index in [0.717, 1.165) is 18.0 Å². The lowest BCUT2D eigenvalue weighted by molar-refractivity contribution is -0.132. The average molecular weight is 292 g/mol. The Morgan fingerprint density at radius 2 is 1.85 bits per heavy atom. The molecule has 2 rings (SSSR count). The van der Waals surface area contributed by atoms with Crippen molar-refractivity contribution in [1.29, 1.82) is 0 Å². The molecular weight excluding hydrogens is 272 g/mol. The number of nitrogens with zero attached hydrogens (tertiary/aromatic N) is 1. The molecule has 1 atom stereocenters. The molecule has 20 heavy (non-hydrogen) atoms. The van der Waals surface area contributed by atoms with Crippen LogP contribution in [0.25, 0.3) is 0 Å². The topological polar surface area (TPSA) is 49.4 Å². The summed E-state index contributed by atoms with van der Waals surface area (Å²) < 4.78 is 0. The van der Waals surface area contributed by atoms with E-state index in [1.165, 1.54) is 17.4 Å². The number of piperidine rings is 1. The number of thioether (sulfide) groups is 1. The highest BCUT2D eigenvalue weighted by Crippen LogP contribution is 2.29. The Hall–Kier alpha value is -1.49. The van der Waals surface area contributed by atoms with E-state index in [1.54, 1.807) is 0 Å². The number of amides is 2. The highest BCUT2D eigenvalue weighted by atomic mass is 32.2. The van der Waals surface area contributed by atoms with Gasteiger partial charge in [0.1, 0.15) is 0 Å². The van der Waals surface area contributed by atoms with Gasteiger partial charge in [-0.3, -0.25) is 14.9 Å². The van der Waals surface area contributed by atoms with Gasteiger partial charge < -0.3 is 4.90 Å². The van der Waals surface area contributed by atoms with Gasteiger partial charge in [-0.2, -0.15) is 0 Å². The standard InChI is InChI=1S/C15H20N2O2S/c1-3-17(4-2)11-5-7-12(8-6-11)20-13-9-10-14(18)16-15(13)19/h5-8,13H,3-4,9-10H2,1-2H3,(H,16,18,19). The third-order valence-corrected chi connectivity index (χ3v) is 4.71. The molecule has 5 heteroatoms. The molecule has 4 nitrogen and oxygen atoms in total. The zero-order valence-corrected chi connectivity index (χ0v) is 12.7. The van der Waals surface area contributed by atoms with E-state index in [4.69, 9.17) is 0 Å². The van der Waals surface area contributed by atoms with Crippen LogP contribution in [0.15, 0.2) is 29.2 Å². The van der Waals surface area contributed by atoms with E-state index < -0.39 is 0 Å². The highest BCUT2D eigenvalue weighted by Gasteiger charge is 2.27. The third-order valence-electron chi connectivity index (χ3n) is 3.43. The van der Waals surface area contributed by atoms with Crippen LogP contribution in [0.5, 0.6) is 0 Å². The van der Waals surface area contributed by atoms with Gasteiger partial charge in [-0.1, -0.05) is 0 Å². The molecule has 108 valence electrons. The van der Waals surface area contributed by atoms with Crippen LogP contribution in [0.2, 0.25) is 0 Å². The summed E-state index contributed by atoms with van der Waals surface area (Å²) in [6.45, 7) is 6.23. The van der Waals surface area contributed by atoms with E-state index in [0.29, 0.717) is 12.8 Å². The van der Waals surface area contributed by atoms with Crippen LogP contribution < -0.4 is 10.2 Å². The molecule has 2 amide bonds. The Balaban J connectivity index is 2.00. The van der Waals surface area contributed by atoms with Gasteiger partial charge in [0.15, 0.2) is 0 Å². The van der Waals surface area contributed by atoms with Crippen molar-refractivity contribution in [2.75, 3.05) is 18.0 Å². The maximum atomic E-state index is 11.7. The van der Waals surface area contributed by atoms with Crippen molar-refractivity contribution in [2.24, 2.45) is 0 Å². The summed E-state index contributed by atoms with van der Waals surface area (Å²) in [5.41, 5.74) is 1.20. The molecule has 0 saturated carbocycles. The number of hydrogen-bond donors (Lipinski definition) is 1. The fourth-order valence-electron chi connectivity index (χ4n) is 2.27. The van der Waals surface area contributed by atoms with Gasteiger partial charge in [0.2, 0.25) is 11.8 Å². The lowest BCUT2D eigenvalue weighted by Gasteiger charge is -2.22. The number of anilines is 1. The summed E-state index contributed by atoms with van der Waals surface area (Å²) in [5, 5.41) is 2.23. The van der Waals surface area contributed by atoms with E-state index in [1.807, 2.05) is 12.1 Å². The van der Waals surface area contributed by atoms with Crippen molar-refractivity contribution in [3.05, 3.63) is 24.3 Å². The zero-order valence-electron chi connectivity index (χ0n) is 11.9. The van der Waals surface area contributed by atoms with Gasteiger partial charge in [0, 0.05) is 30.1 Å². The minimum absolute atomic E-state index is 0.160. The lowest BCUT2D eigenvalue weighted by atomic mass is 10.1. The predicted molar refractivity (Wildman–Crippen MR) is 82.0 cm³/mol. The van der Waals surface area contributed by atoms with E-state index in [9.17, 15) is 9.59 Å². The molecule has 0 radical (unpaired) electrons. The van der Waals surface area contributed by atoms with E-state index in [2.05, 4.69) is 36.2 Å². The Bertz CT molecular complexity index is 483. The zero-order chi connectivity index (χ0) is 14.5. The van der Waals surface area contributed by atoms with Crippen molar-refractivity contribution in [2.45, 2.75) is 36.8 Å². The maximum Gasteiger partial charge on any atom is 0.240 e. The first-order chi connectivity index (χ1) is 9.63. The maximum absolute atomic E-state index is 11.7. The molecule has 1 heterocycles. The molecule has 0 aliphatic carbocycles. The summed E-state index contributed by atoms with van der Waals surface area (Å²) in [4.78, 5) is 26.2. The number of carbonyl (C=O) groups excluding carboxylic acids is 2. The molecule has 1 aromatic carbocycles. The largest absolute Gasteiger partial charge is 0.372 e. The van der Waals surface area contributed by atoms with Gasteiger partial charge in [0.25, 0.3) is 0 Å². The Labute approximate surface area is 123 Å². The van der Waals surface area contributed by atoms with Crippen molar-refractivity contribution in [3.8, 4) is 0 Å². The number of nitrogens with one attached hydrogen (secondary N) is 1. The summed E-state index contributed by atoms with van der Waals surface area (Å²) in [7, 11) is 0. The molecule has 1 aliphatic rings. The van der Waals surface area contributed by atoms with Crippen LogP contribution in [-0.4, -0.2) is 30.2 Å². The van der Waals surface area contributed by atoms with Gasteiger partial charge in [-0.25, -0.2) is 0 Å². The van der Waals surface area contributed by atoms with Gasteiger partial charge in [-0.05, 0) is 44.5 Å². The Morgan fingerprint density at radius 1 is 1.20 bits per heavy atom. The second-order valence-corrected chi connectivity index (χ2v) is 6.00. The van der Waals surface area contributed by atoms with E-state index >= 15 is 0 Å². The summed E-state index contributed by atoms with van der Waals surface area (Å²) in [6, 6.07) is 8.26. The molecule has 0 spiro atoms. The smallest absolute Gasteiger partial charge is 0.240 e. The molecule has 1 aliphatic heterocycles. The van der Waals surface area contributed by atoms with Gasteiger partial charge >= 0.3 is 0 Å². The molecule has 1 unspecified atom stereocenters. The number of benzene rings is 1. The molecule has 0 bridgehead atoms. The molecular formula is C15H20N2O2S. The highest BCUT2D eigenvalue weighted by molar-refractivity contribution is 8.00. The second kappa shape index (κ2) is 6.79. The first-order valence-electron chi connectivity index (χ1n) is 6.99. The van der Waals surface area contributed by atoms with Crippen molar-refractivity contribution in [1.82, 2.24) is 5.32 Å². The average Bonchev–Trinajstić information content (AvgIpc) is 2.45. The van der Waals surface area contributed by atoms with Crippen LogP contribution in [0.1, 0.15) is 26.7 Å². The van der Waals surface area contributed by atoms with Crippen molar-refractivity contribution < 1.29 is 9.59 Å². The summed E-state index contributed by atoms with van der Waals surface area (Å²) >= 11 is 1.53. The number of rotatable bonds is 5. The van der Waals surface area contributed by atoms with Crippen LogP contribution in [0.4, 0.5) is 5.69 Å². The summed E-state index contributed by atoms with van der Waals surface area (Å²) in [5.74, 6) is -0.331.